The molecule has 5 heteroatoms. The summed E-state index contributed by atoms with van der Waals surface area (Å²) in [4.78, 5) is 13.8. The summed E-state index contributed by atoms with van der Waals surface area (Å²) in [5.41, 5.74) is 0.484. The quantitative estimate of drug-likeness (QED) is 0.627. The summed E-state index contributed by atoms with van der Waals surface area (Å²) in [6, 6.07) is 8.07. The first kappa shape index (κ1) is 14.6. The summed E-state index contributed by atoms with van der Waals surface area (Å²) in [5.74, 6) is -0.427. The number of nitrogens with zero attached hydrogens (tertiary/aromatic N) is 2. The van der Waals surface area contributed by atoms with Gasteiger partial charge in [-0.15, -0.1) is 0 Å². The van der Waals surface area contributed by atoms with Crippen LogP contribution < -0.4 is 5.32 Å². The van der Waals surface area contributed by atoms with Gasteiger partial charge in [-0.2, -0.15) is 5.26 Å². The largest absolute Gasteiger partial charge is 0.508 e. The van der Waals surface area contributed by atoms with Crippen LogP contribution in [0.3, 0.4) is 0 Å². The summed E-state index contributed by atoms with van der Waals surface area (Å²) in [6.45, 7) is 5.34. The number of phenols is 1. The summed E-state index contributed by atoms with van der Waals surface area (Å²) in [5, 5.41) is 20.9. The minimum Gasteiger partial charge on any atom is -0.508 e. The molecule has 0 fully saturated rings. The number of hydrogen-bond acceptors (Lipinski definition) is 4. The van der Waals surface area contributed by atoms with Crippen molar-refractivity contribution < 1.29 is 9.90 Å². The number of amides is 1. The fourth-order valence-corrected chi connectivity index (χ4v) is 1.51. The average Bonchev–Trinajstić information content (AvgIpc) is 2.40. The minimum atomic E-state index is -0.486. The first-order chi connectivity index (χ1) is 9.10. The SMILES string of the molecule is CCN(/C=C(/C#N)C(=O)Nc1cccc(O)c1)CC. The molecule has 2 N–H and O–H groups in total. The number of carbonyl (C=O) groups is 1. The maximum absolute atomic E-state index is 11.9. The Morgan fingerprint density at radius 3 is 2.68 bits per heavy atom. The van der Waals surface area contributed by atoms with Gasteiger partial charge in [0.1, 0.15) is 17.4 Å². The lowest BCUT2D eigenvalue weighted by Crippen LogP contribution is -2.20. The van der Waals surface area contributed by atoms with Gasteiger partial charge in [-0.25, -0.2) is 0 Å². The summed E-state index contributed by atoms with van der Waals surface area (Å²) < 4.78 is 0. The van der Waals surface area contributed by atoms with E-state index in [-0.39, 0.29) is 11.3 Å². The Balaban J connectivity index is 2.83. The molecule has 1 amide bonds. The lowest BCUT2D eigenvalue weighted by atomic mass is 10.2. The number of hydrogen-bond donors (Lipinski definition) is 2. The molecule has 0 bridgehead atoms. The second-order valence-electron chi connectivity index (χ2n) is 3.88. The van der Waals surface area contributed by atoms with Crippen molar-refractivity contribution in [2.24, 2.45) is 0 Å². The summed E-state index contributed by atoms with van der Waals surface area (Å²) in [6.07, 6.45) is 1.54. The average molecular weight is 259 g/mol. The van der Waals surface area contributed by atoms with Gasteiger partial charge in [0.25, 0.3) is 5.91 Å². The van der Waals surface area contributed by atoms with Crippen LogP contribution in [0.1, 0.15) is 13.8 Å². The fraction of sp³-hybridized carbons (Fsp3) is 0.286. The predicted molar refractivity (Wildman–Crippen MR) is 73.4 cm³/mol. The number of anilines is 1. The second kappa shape index (κ2) is 7.07. The highest BCUT2D eigenvalue weighted by Crippen LogP contribution is 2.16. The number of aromatic hydroxyl groups is 1. The number of nitrogens with one attached hydrogen (secondary N) is 1. The van der Waals surface area contributed by atoms with E-state index in [0.29, 0.717) is 5.69 Å². The predicted octanol–water partition coefficient (Wildman–Crippen LogP) is 2.08. The van der Waals surface area contributed by atoms with E-state index >= 15 is 0 Å². The third kappa shape index (κ3) is 4.36. The Morgan fingerprint density at radius 2 is 2.16 bits per heavy atom. The van der Waals surface area contributed by atoms with E-state index in [1.807, 2.05) is 24.8 Å². The van der Waals surface area contributed by atoms with Crippen LogP contribution >= 0.6 is 0 Å². The molecular weight excluding hydrogens is 242 g/mol. The molecule has 0 heterocycles. The molecule has 0 aliphatic carbocycles. The van der Waals surface area contributed by atoms with Crippen molar-refractivity contribution in [1.29, 1.82) is 5.26 Å². The van der Waals surface area contributed by atoms with Crippen molar-refractivity contribution in [2.45, 2.75) is 13.8 Å². The Hall–Kier alpha value is -2.48. The number of benzene rings is 1. The van der Waals surface area contributed by atoms with E-state index in [1.165, 1.54) is 18.3 Å². The van der Waals surface area contributed by atoms with Crippen LogP contribution in [0.15, 0.2) is 36.0 Å². The molecule has 5 nitrogen and oxygen atoms in total. The molecule has 0 unspecified atom stereocenters. The van der Waals surface area contributed by atoms with Crippen LogP contribution in [0.5, 0.6) is 5.75 Å². The van der Waals surface area contributed by atoms with Gasteiger partial charge in [0.05, 0.1) is 0 Å². The summed E-state index contributed by atoms with van der Waals surface area (Å²) in [7, 11) is 0. The molecule has 0 saturated heterocycles. The number of phenolic OH excluding ortho intramolecular Hbond substituents is 1. The maximum Gasteiger partial charge on any atom is 0.267 e. The van der Waals surface area contributed by atoms with Gasteiger partial charge in [-0.1, -0.05) is 6.07 Å². The minimum absolute atomic E-state index is 0.0343. The monoisotopic (exact) mass is 259 g/mol. The first-order valence-electron chi connectivity index (χ1n) is 6.07. The van der Waals surface area contributed by atoms with Crippen LogP contribution in [0, 0.1) is 11.3 Å². The van der Waals surface area contributed by atoms with Gasteiger partial charge >= 0.3 is 0 Å². The molecule has 100 valence electrons. The zero-order valence-electron chi connectivity index (χ0n) is 11.1. The molecule has 0 aliphatic heterocycles. The second-order valence-corrected chi connectivity index (χ2v) is 3.88. The van der Waals surface area contributed by atoms with Gasteiger partial charge in [0.2, 0.25) is 0 Å². The Bertz CT molecular complexity index is 514. The molecule has 1 aromatic carbocycles. The first-order valence-corrected chi connectivity index (χ1v) is 6.07. The van der Waals surface area contributed by atoms with Gasteiger partial charge in [0.15, 0.2) is 0 Å². The lowest BCUT2D eigenvalue weighted by Gasteiger charge is -2.15. The lowest BCUT2D eigenvalue weighted by molar-refractivity contribution is -0.112. The van der Waals surface area contributed by atoms with Crippen molar-refractivity contribution in [3.8, 4) is 11.8 Å². The molecular formula is C14H17N3O2. The maximum atomic E-state index is 11.9. The van der Waals surface area contributed by atoms with Crippen molar-refractivity contribution in [2.75, 3.05) is 18.4 Å². The highest BCUT2D eigenvalue weighted by molar-refractivity contribution is 6.06. The van der Waals surface area contributed by atoms with E-state index < -0.39 is 5.91 Å². The van der Waals surface area contributed by atoms with Crippen LogP contribution in [0.2, 0.25) is 0 Å². The number of nitriles is 1. The van der Waals surface area contributed by atoms with Crippen molar-refractivity contribution in [1.82, 2.24) is 4.90 Å². The molecule has 19 heavy (non-hydrogen) atoms. The molecule has 1 aromatic rings. The van der Waals surface area contributed by atoms with Crippen molar-refractivity contribution >= 4 is 11.6 Å². The van der Waals surface area contributed by atoms with Gasteiger partial charge < -0.3 is 15.3 Å². The zero-order valence-corrected chi connectivity index (χ0v) is 11.1. The molecule has 0 aliphatic rings. The van der Waals surface area contributed by atoms with Crippen molar-refractivity contribution in [3.63, 3.8) is 0 Å². The Labute approximate surface area is 112 Å². The Kier molecular flexibility index (Phi) is 5.42. The molecule has 1 rings (SSSR count). The number of rotatable bonds is 5. The van der Waals surface area contributed by atoms with E-state index in [1.54, 1.807) is 12.1 Å². The van der Waals surface area contributed by atoms with Crippen LogP contribution in [0.4, 0.5) is 5.69 Å². The van der Waals surface area contributed by atoms with E-state index in [9.17, 15) is 9.90 Å². The smallest absolute Gasteiger partial charge is 0.267 e. The van der Waals surface area contributed by atoms with E-state index in [0.717, 1.165) is 13.1 Å². The fourth-order valence-electron chi connectivity index (χ4n) is 1.51. The Morgan fingerprint density at radius 1 is 1.47 bits per heavy atom. The number of carbonyl (C=O) groups excluding carboxylic acids is 1. The highest BCUT2D eigenvalue weighted by atomic mass is 16.3. The van der Waals surface area contributed by atoms with Gasteiger partial charge in [-0.3, -0.25) is 4.79 Å². The van der Waals surface area contributed by atoms with Crippen LogP contribution in [-0.2, 0) is 4.79 Å². The van der Waals surface area contributed by atoms with Crippen LogP contribution in [-0.4, -0.2) is 29.0 Å². The molecule has 0 radical (unpaired) electrons. The standard InChI is InChI=1S/C14H17N3O2/c1-3-17(4-2)10-11(9-15)14(19)16-12-6-5-7-13(18)8-12/h5-8,10,18H,3-4H2,1-2H3,(H,16,19)/b11-10-. The van der Waals surface area contributed by atoms with Crippen LogP contribution in [0.25, 0.3) is 0 Å². The third-order valence-corrected chi connectivity index (χ3v) is 2.59. The topological polar surface area (TPSA) is 76.4 Å². The molecule has 0 atom stereocenters. The molecule has 0 spiro atoms. The zero-order chi connectivity index (χ0) is 14.3. The van der Waals surface area contributed by atoms with E-state index in [2.05, 4.69) is 5.32 Å². The summed E-state index contributed by atoms with van der Waals surface area (Å²) >= 11 is 0. The third-order valence-electron chi connectivity index (χ3n) is 2.59. The molecule has 0 saturated carbocycles. The van der Waals surface area contributed by atoms with Gasteiger partial charge in [0, 0.05) is 31.0 Å². The van der Waals surface area contributed by atoms with Crippen molar-refractivity contribution in [3.05, 3.63) is 36.0 Å². The normalized spacial score (nSPS) is 10.7. The van der Waals surface area contributed by atoms with Gasteiger partial charge in [-0.05, 0) is 26.0 Å². The highest BCUT2D eigenvalue weighted by Gasteiger charge is 2.10. The molecule has 0 aromatic heterocycles. The van der Waals surface area contributed by atoms with E-state index in [4.69, 9.17) is 5.26 Å².